The first kappa shape index (κ1) is 17.2. The number of fused-ring (bicyclic) bond motifs is 1. The van der Waals surface area contributed by atoms with E-state index in [1.54, 1.807) is 39.4 Å². The van der Waals surface area contributed by atoms with Crippen LogP contribution < -0.4 is 0 Å². The molecule has 5 atom stereocenters. The third-order valence-electron chi connectivity index (χ3n) is 5.13. The molecule has 0 spiro atoms. The van der Waals surface area contributed by atoms with Crippen LogP contribution in [0.25, 0.3) is 0 Å². The van der Waals surface area contributed by atoms with Gasteiger partial charge in [0.1, 0.15) is 5.28 Å². The summed E-state index contributed by atoms with van der Waals surface area (Å²) in [5, 5.41) is 8.74. The number of nitrogens with zero attached hydrogens (tertiary/aromatic N) is 4. The second kappa shape index (κ2) is 5.18. The number of rotatable bonds is 1. The highest BCUT2D eigenvalue weighted by Gasteiger charge is 2.68. The zero-order chi connectivity index (χ0) is 17.9. The maximum atomic E-state index is 13.2. The van der Waals surface area contributed by atoms with Crippen LogP contribution in [-0.2, 0) is 9.59 Å². The molecular formula is C16H19N4O2PS. The van der Waals surface area contributed by atoms with Gasteiger partial charge in [-0.05, 0) is 25.5 Å². The van der Waals surface area contributed by atoms with E-state index >= 15 is 0 Å². The molecule has 2 aliphatic heterocycles. The van der Waals surface area contributed by atoms with Crippen LogP contribution in [0.4, 0.5) is 0 Å². The molecule has 2 saturated heterocycles. The number of carbonyl (C=O) groups excluding carboxylic acids is 2. The average Bonchev–Trinajstić information content (AvgIpc) is 2.81. The quantitative estimate of drug-likeness (QED) is 0.608. The summed E-state index contributed by atoms with van der Waals surface area (Å²) in [6, 6.07) is 5.30. The molecule has 0 N–H and O–H groups in total. The number of hydrogen-bond donors (Lipinski definition) is 1. The lowest BCUT2D eigenvalue weighted by molar-refractivity contribution is -0.163. The van der Waals surface area contributed by atoms with Crippen molar-refractivity contribution >= 4 is 33.7 Å². The van der Waals surface area contributed by atoms with Crippen LogP contribution in [-0.4, -0.2) is 43.8 Å². The van der Waals surface area contributed by atoms with Crippen molar-refractivity contribution in [1.82, 2.24) is 14.8 Å². The molecule has 6 nitrogen and oxygen atoms in total. The molecule has 126 valence electrons. The molecule has 0 radical (unpaired) electrons. The van der Waals surface area contributed by atoms with Crippen molar-refractivity contribution in [2.45, 2.75) is 36.5 Å². The second-order valence-corrected chi connectivity index (χ2v) is 8.76. The van der Waals surface area contributed by atoms with Gasteiger partial charge >= 0.3 is 0 Å². The van der Waals surface area contributed by atoms with E-state index in [2.05, 4.69) is 32.9 Å². The molecule has 2 fully saturated rings. The third-order valence-corrected chi connectivity index (χ3v) is 6.32. The average molecular weight is 362 g/mol. The predicted octanol–water partition coefficient (Wildman–Crippen LogP) is 1.57. The summed E-state index contributed by atoms with van der Waals surface area (Å²) in [6.07, 6.45) is 3.43. The Hall–Kier alpha value is -1.64. The number of pyridine rings is 1. The number of carbonyl (C=O) groups is 2. The molecule has 3 rings (SSSR count). The lowest BCUT2D eigenvalue weighted by Crippen LogP contribution is -2.69. The van der Waals surface area contributed by atoms with Gasteiger partial charge in [0.15, 0.2) is 4.87 Å². The zero-order valence-electron chi connectivity index (χ0n) is 13.7. The van der Waals surface area contributed by atoms with E-state index in [1.165, 1.54) is 9.80 Å². The molecule has 8 heteroatoms. The fourth-order valence-electron chi connectivity index (χ4n) is 3.68. The van der Waals surface area contributed by atoms with E-state index < -0.39 is 21.6 Å². The summed E-state index contributed by atoms with van der Waals surface area (Å²) in [6.45, 7) is 3.44. The Balaban J connectivity index is 2.24. The molecule has 0 aromatic carbocycles. The van der Waals surface area contributed by atoms with E-state index in [0.29, 0.717) is 0 Å². The molecule has 2 amide bonds. The van der Waals surface area contributed by atoms with Gasteiger partial charge in [-0.2, -0.15) is 5.26 Å². The van der Waals surface area contributed by atoms with Gasteiger partial charge in [-0.25, -0.2) is 0 Å². The normalized spacial score (nSPS) is 38.9. The topological polar surface area (TPSA) is 77.3 Å². The highest BCUT2D eigenvalue weighted by molar-refractivity contribution is 7.82. The first-order valence-electron chi connectivity index (χ1n) is 7.54. The van der Waals surface area contributed by atoms with Gasteiger partial charge < -0.3 is 9.80 Å². The van der Waals surface area contributed by atoms with Crippen LogP contribution in [0, 0.1) is 16.7 Å². The Kier molecular flexibility index (Phi) is 3.71. The number of nitriles is 1. The molecule has 24 heavy (non-hydrogen) atoms. The molecule has 2 unspecified atom stereocenters. The minimum absolute atomic E-state index is 0.162. The molecule has 0 bridgehead atoms. The van der Waals surface area contributed by atoms with Crippen LogP contribution in [0.3, 0.4) is 0 Å². The molecule has 0 aliphatic carbocycles. The number of hydrogen-bond acceptors (Lipinski definition) is 5. The number of thiol groups is 1. The summed E-state index contributed by atoms with van der Waals surface area (Å²) in [5.41, 5.74) is -0.217. The summed E-state index contributed by atoms with van der Waals surface area (Å²) in [5.74, 6) is -0.534. The fourth-order valence-corrected chi connectivity index (χ4v) is 4.62. The number of aromatic nitrogens is 1. The first-order chi connectivity index (χ1) is 11.1. The van der Waals surface area contributed by atoms with Crippen LogP contribution in [0.5, 0.6) is 0 Å². The van der Waals surface area contributed by atoms with Crippen molar-refractivity contribution in [2.24, 2.45) is 5.41 Å². The highest BCUT2D eigenvalue weighted by atomic mass is 32.1. The fraction of sp³-hybridized carbons (Fsp3) is 0.500. The van der Waals surface area contributed by atoms with Crippen molar-refractivity contribution in [3.05, 3.63) is 30.1 Å². The summed E-state index contributed by atoms with van der Waals surface area (Å²) < 4.78 is 0. The number of piperazine rings is 1. The van der Waals surface area contributed by atoms with E-state index in [0.717, 1.165) is 5.56 Å². The Morgan fingerprint density at radius 2 is 2.08 bits per heavy atom. The first-order valence-corrected chi connectivity index (χ1v) is 8.56. The Labute approximate surface area is 148 Å². The third kappa shape index (κ3) is 2.03. The minimum Gasteiger partial charge on any atom is -0.325 e. The molecule has 2 aliphatic rings. The number of amides is 2. The lowest BCUT2D eigenvalue weighted by atomic mass is 9.80. The van der Waals surface area contributed by atoms with E-state index in [9.17, 15) is 14.9 Å². The van der Waals surface area contributed by atoms with E-state index in [4.69, 9.17) is 0 Å². The summed E-state index contributed by atoms with van der Waals surface area (Å²) in [7, 11) is 4.03. The zero-order valence-corrected chi connectivity index (χ0v) is 15.8. The van der Waals surface area contributed by atoms with Gasteiger partial charge in [0.05, 0.1) is 17.5 Å². The molecule has 1 aromatic heterocycles. The molecule has 1 aromatic rings. The van der Waals surface area contributed by atoms with Crippen molar-refractivity contribution in [3.8, 4) is 6.07 Å². The van der Waals surface area contributed by atoms with E-state index in [1.807, 2.05) is 6.07 Å². The Bertz CT molecular complexity index is 765. The SMILES string of the molecule is CN1C(=O)[C@@]2(S)C[C@](C)(C#N)C(c3cccnc3)N2C(=O)[C@]1(C)P. The Morgan fingerprint density at radius 1 is 1.42 bits per heavy atom. The second-order valence-electron chi connectivity index (χ2n) is 6.90. The monoisotopic (exact) mass is 362 g/mol. The predicted molar refractivity (Wildman–Crippen MR) is 94.8 cm³/mol. The smallest absolute Gasteiger partial charge is 0.259 e. The van der Waals surface area contributed by atoms with Crippen molar-refractivity contribution < 1.29 is 9.59 Å². The Morgan fingerprint density at radius 3 is 2.62 bits per heavy atom. The molecule has 3 heterocycles. The van der Waals surface area contributed by atoms with Crippen LogP contribution in [0.15, 0.2) is 24.5 Å². The number of likely N-dealkylation sites (N-methyl/N-ethyl adjacent to an activating group) is 1. The largest absolute Gasteiger partial charge is 0.325 e. The van der Waals surface area contributed by atoms with Gasteiger partial charge in [0.2, 0.25) is 0 Å². The van der Waals surface area contributed by atoms with Gasteiger partial charge in [-0.1, -0.05) is 15.3 Å². The lowest BCUT2D eigenvalue weighted by Gasteiger charge is -2.51. The van der Waals surface area contributed by atoms with Gasteiger partial charge in [-0.15, -0.1) is 12.6 Å². The van der Waals surface area contributed by atoms with Gasteiger partial charge in [0.25, 0.3) is 11.8 Å². The van der Waals surface area contributed by atoms with Crippen molar-refractivity contribution in [2.75, 3.05) is 7.05 Å². The molecular weight excluding hydrogens is 343 g/mol. The maximum Gasteiger partial charge on any atom is 0.259 e. The summed E-state index contributed by atoms with van der Waals surface area (Å²) in [4.78, 5) is 31.8. The van der Waals surface area contributed by atoms with E-state index in [-0.39, 0.29) is 18.2 Å². The standard InChI is InChI=1S/C16H19N4O2PS/c1-14(9-17)8-16(24)13(22)19(3)15(2,23)12(21)20(16)11(14)10-5-4-6-18-7-10/h4-7,11,24H,8,23H2,1-3H3/t11?,14-,15+,16+/m1/s1. The van der Waals surface area contributed by atoms with Crippen LogP contribution in [0.2, 0.25) is 0 Å². The van der Waals surface area contributed by atoms with Gasteiger partial charge in [-0.3, -0.25) is 14.6 Å². The molecule has 0 saturated carbocycles. The van der Waals surface area contributed by atoms with Crippen molar-refractivity contribution in [3.63, 3.8) is 0 Å². The highest BCUT2D eigenvalue weighted by Crippen LogP contribution is 2.59. The summed E-state index contributed by atoms with van der Waals surface area (Å²) >= 11 is 4.61. The minimum atomic E-state index is -1.34. The van der Waals surface area contributed by atoms with Crippen molar-refractivity contribution in [1.29, 1.82) is 5.26 Å². The van der Waals surface area contributed by atoms with Crippen LogP contribution >= 0.6 is 21.9 Å². The van der Waals surface area contributed by atoms with Crippen LogP contribution in [0.1, 0.15) is 31.9 Å². The van der Waals surface area contributed by atoms with Gasteiger partial charge in [0, 0.05) is 25.9 Å². The maximum absolute atomic E-state index is 13.2.